The molecule has 1 heterocycles. The zero-order chi connectivity index (χ0) is 16.2. The monoisotopic (exact) mass is 328 g/mol. The molecule has 1 atom stereocenters. The molecule has 0 bridgehead atoms. The zero-order valence-electron chi connectivity index (χ0n) is 12.1. The van der Waals surface area contributed by atoms with E-state index >= 15 is 0 Å². The second-order valence-corrected chi connectivity index (χ2v) is 5.47. The maximum atomic E-state index is 13.2. The maximum absolute atomic E-state index is 13.2. The lowest BCUT2D eigenvalue weighted by Crippen LogP contribution is -2.26. The highest BCUT2D eigenvalue weighted by atomic mass is 35.5. The van der Waals surface area contributed by atoms with E-state index in [1.807, 2.05) is 59.4 Å². The third kappa shape index (κ3) is 3.43. The number of carbonyl (C=O) groups is 1. The quantitative estimate of drug-likeness (QED) is 0.751. The molecule has 3 rings (SSSR count). The van der Waals surface area contributed by atoms with Gasteiger partial charge in [-0.1, -0.05) is 41.9 Å². The largest absolute Gasteiger partial charge is 0.338 e. The lowest BCUT2D eigenvalue weighted by Gasteiger charge is -2.19. The van der Waals surface area contributed by atoms with E-state index in [1.54, 1.807) is 0 Å². The van der Waals surface area contributed by atoms with Crippen molar-refractivity contribution in [2.45, 2.75) is 6.04 Å². The van der Waals surface area contributed by atoms with E-state index in [2.05, 4.69) is 5.32 Å². The first kappa shape index (κ1) is 15.3. The van der Waals surface area contributed by atoms with E-state index in [0.29, 0.717) is 5.69 Å². The van der Waals surface area contributed by atoms with Gasteiger partial charge in [0.1, 0.15) is 11.9 Å². The van der Waals surface area contributed by atoms with Gasteiger partial charge in [-0.15, -0.1) is 0 Å². The van der Waals surface area contributed by atoms with Gasteiger partial charge in [-0.2, -0.15) is 0 Å². The van der Waals surface area contributed by atoms with Crippen molar-refractivity contribution in [2.75, 3.05) is 5.32 Å². The number of benzene rings is 2. The predicted molar refractivity (Wildman–Crippen MR) is 89.1 cm³/mol. The smallest absolute Gasteiger partial charge is 0.252 e. The molecule has 0 spiro atoms. The number of hydrogen-bond acceptors (Lipinski definition) is 1. The average Bonchev–Trinajstić information content (AvgIpc) is 3.06. The van der Waals surface area contributed by atoms with Crippen LogP contribution in [0.2, 0.25) is 5.02 Å². The Morgan fingerprint density at radius 2 is 1.74 bits per heavy atom. The van der Waals surface area contributed by atoms with Crippen molar-refractivity contribution < 1.29 is 9.18 Å². The Bertz CT molecular complexity index is 803. The Kier molecular flexibility index (Phi) is 4.44. The fourth-order valence-electron chi connectivity index (χ4n) is 2.40. The van der Waals surface area contributed by atoms with E-state index in [4.69, 9.17) is 11.6 Å². The first-order chi connectivity index (χ1) is 11.1. The van der Waals surface area contributed by atoms with Crippen LogP contribution in [-0.2, 0) is 4.79 Å². The molecular weight excluding hydrogens is 315 g/mol. The van der Waals surface area contributed by atoms with Gasteiger partial charge in [0.15, 0.2) is 0 Å². The van der Waals surface area contributed by atoms with Gasteiger partial charge in [0.25, 0.3) is 5.91 Å². The molecule has 116 valence electrons. The van der Waals surface area contributed by atoms with Gasteiger partial charge >= 0.3 is 0 Å². The molecule has 0 saturated carbocycles. The molecular formula is C18H14ClFN2O. The Hall–Kier alpha value is -2.59. The standard InChI is InChI=1S/C18H14ClFN2O/c19-15-12-14(8-9-16(15)20)21-18(23)17(22-10-4-5-11-22)13-6-2-1-3-7-13/h1-12,17H,(H,21,23). The third-order valence-corrected chi connectivity index (χ3v) is 3.77. The summed E-state index contributed by atoms with van der Waals surface area (Å²) < 4.78 is 15.0. The number of amides is 1. The Morgan fingerprint density at radius 1 is 1.04 bits per heavy atom. The third-order valence-electron chi connectivity index (χ3n) is 3.48. The van der Waals surface area contributed by atoms with Gasteiger partial charge in [-0.05, 0) is 35.9 Å². The number of hydrogen-bond donors (Lipinski definition) is 1. The number of aromatic nitrogens is 1. The van der Waals surface area contributed by atoms with Gasteiger partial charge < -0.3 is 9.88 Å². The summed E-state index contributed by atoms with van der Waals surface area (Å²) >= 11 is 5.76. The molecule has 0 fully saturated rings. The Morgan fingerprint density at radius 3 is 2.39 bits per heavy atom. The first-order valence-electron chi connectivity index (χ1n) is 7.08. The number of halogens is 2. The van der Waals surface area contributed by atoms with Crippen LogP contribution in [0.15, 0.2) is 73.1 Å². The predicted octanol–water partition coefficient (Wildman–Crippen LogP) is 4.51. The second kappa shape index (κ2) is 6.67. The van der Waals surface area contributed by atoms with Gasteiger partial charge in [0.05, 0.1) is 5.02 Å². The van der Waals surface area contributed by atoms with Crippen LogP contribution in [0.1, 0.15) is 11.6 Å². The molecule has 0 aliphatic heterocycles. The molecule has 2 aromatic carbocycles. The fourth-order valence-corrected chi connectivity index (χ4v) is 2.58. The normalized spacial score (nSPS) is 11.9. The molecule has 23 heavy (non-hydrogen) atoms. The van der Waals surface area contributed by atoms with Crippen molar-refractivity contribution in [2.24, 2.45) is 0 Å². The summed E-state index contributed by atoms with van der Waals surface area (Å²) in [6, 6.07) is 16.7. The summed E-state index contributed by atoms with van der Waals surface area (Å²) in [6.07, 6.45) is 3.66. The number of nitrogens with one attached hydrogen (secondary N) is 1. The van der Waals surface area contributed by atoms with E-state index < -0.39 is 11.9 Å². The second-order valence-electron chi connectivity index (χ2n) is 5.06. The molecule has 0 radical (unpaired) electrons. The van der Waals surface area contributed by atoms with Crippen molar-refractivity contribution in [3.8, 4) is 0 Å². The number of carbonyl (C=O) groups excluding carboxylic acids is 1. The van der Waals surface area contributed by atoms with E-state index in [0.717, 1.165) is 5.56 Å². The van der Waals surface area contributed by atoms with E-state index in [9.17, 15) is 9.18 Å². The van der Waals surface area contributed by atoms with E-state index in [1.165, 1.54) is 18.2 Å². The summed E-state index contributed by atoms with van der Waals surface area (Å²) in [4.78, 5) is 12.7. The van der Waals surface area contributed by atoms with Crippen molar-refractivity contribution in [1.29, 1.82) is 0 Å². The van der Waals surface area contributed by atoms with Crippen LogP contribution in [0.4, 0.5) is 10.1 Å². The zero-order valence-corrected chi connectivity index (χ0v) is 12.9. The SMILES string of the molecule is O=C(Nc1ccc(F)c(Cl)c1)C(c1ccccc1)n1cccc1. The highest BCUT2D eigenvalue weighted by Gasteiger charge is 2.22. The van der Waals surface area contributed by atoms with Gasteiger partial charge in [-0.25, -0.2) is 4.39 Å². The summed E-state index contributed by atoms with van der Waals surface area (Å²) in [6.45, 7) is 0. The molecule has 1 amide bonds. The summed E-state index contributed by atoms with van der Waals surface area (Å²) in [5.74, 6) is -0.746. The molecule has 0 aliphatic rings. The lowest BCUT2D eigenvalue weighted by atomic mass is 10.1. The van der Waals surface area contributed by atoms with Crippen molar-refractivity contribution in [3.63, 3.8) is 0 Å². The topological polar surface area (TPSA) is 34.0 Å². The van der Waals surface area contributed by atoms with Gasteiger partial charge in [-0.3, -0.25) is 4.79 Å². The highest BCUT2D eigenvalue weighted by Crippen LogP contribution is 2.23. The van der Waals surface area contributed by atoms with Crippen molar-refractivity contribution in [3.05, 3.63) is 89.5 Å². The Labute approximate surface area is 138 Å². The minimum atomic E-state index is -0.519. The van der Waals surface area contributed by atoms with Crippen LogP contribution in [0.3, 0.4) is 0 Å². The number of anilines is 1. The minimum absolute atomic E-state index is 0.0278. The molecule has 1 N–H and O–H groups in total. The highest BCUT2D eigenvalue weighted by molar-refractivity contribution is 6.31. The molecule has 1 unspecified atom stereocenters. The van der Waals surface area contributed by atoms with Crippen LogP contribution in [0, 0.1) is 5.82 Å². The maximum Gasteiger partial charge on any atom is 0.252 e. The van der Waals surface area contributed by atoms with E-state index in [-0.39, 0.29) is 10.9 Å². The first-order valence-corrected chi connectivity index (χ1v) is 7.46. The molecule has 0 saturated heterocycles. The molecule has 5 heteroatoms. The van der Waals surface area contributed by atoms with Crippen LogP contribution in [0.5, 0.6) is 0 Å². The van der Waals surface area contributed by atoms with Gasteiger partial charge in [0, 0.05) is 18.1 Å². The van der Waals surface area contributed by atoms with Crippen LogP contribution in [0.25, 0.3) is 0 Å². The molecule has 1 aromatic heterocycles. The molecule has 3 nitrogen and oxygen atoms in total. The lowest BCUT2D eigenvalue weighted by molar-refractivity contribution is -0.118. The molecule has 0 aliphatic carbocycles. The summed E-state index contributed by atoms with van der Waals surface area (Å²) in [7, 11) is 0. The van der Waals surface area contributed by atoms with Gasteiger partial charge in [0.2, 0.25) is 0 Å². The average molecular weight is 329 g/mol. The van der Waals surface area contributed by atoms with Crippen molar-refractivity contribution >= 4 is 23.2 Å². The number of rotatable bonds is 4. The molecule has 3 aromatic rings. The van der Waals surface area contributed by atoms with Crippen LogP contribution < -0.4 is 5.32 Å². The minimum Gasteiger partial charge on any atom is -0.338 e. The Balaban J connectivity index is 1.90. The summed E-state index contributed by atoms with van der Waals surface area (Å²) in [5.41, 5.74) is 1.31. The fraction of sp³-hybridized carbons (Fsp3) is 0.0556. The van der Waals surface area contributed by atoms with Crippen LogP contribution in [-0.4, -0.2) is 10.5 Å². The van der Waals surface area contributed by atoms with Crippen molar-refractivity contribution in [1.82, 2.24) is 4.57 Å². The summed E-state index contributed by atoms with van der Waals surface area (Å²) in [5, 5.41) is 2.76. The van der Waals surface area contributed by atoms with Crippen LogP contribution >= 0.6 is 11.6 Å². The number of nitrogens with zero attached hydrogens (tertiary/aromatic N) is 1.